The highest BCUT2D eigenvalue weighted by Crippen LogP contribution is 2.27. The average Bonchev–Trinajstić information content (AvgIpc) is 2.92. The number of hydrogen-bond donors (Lipinski definition) is 2. The summed E-state index contributed by atoms with van der Waals surface area (Å²) in [6.45, 7) is 1.84. The van der Waals surface area contributed by atoms with Crippen molar-refractivity contribution in [2.75, 3.05) is 10.5 Å². The number of aryl methyl sites for hydroxylation is 1. The van der Waals surface area contributed by atoms with E-state index < -0.39 is 10.0 Å². The number of nitrogens with one attached hydrogen (secondary N) is 1. The molecule has 1 aromatic carbocycles. The van der Waals surface area contributed by atoms with Gasteiger partial charge in [-0.3, -0.25) is 9.12 Å². The Hall–Kier alpha value is -1.77. The largest absolute Gasteiger partial charge is 0.381 e. The zero-order valence-corrected chi connectivity index (χ0v) is 13.3. The fraction of sp³-hybridized carbons (Fsp3) is 0.0833. The number of sulfonamides is 1. The maximum absolute atomic E-state index is 12.5. The highest BCUT2D eigenvalue weighted by atomic mass is 35.5. The summed E-state index contributed by atoms with van der Waals surface area (Å²) in [5.41, 5.74) is 6.96. The van der Waals surface area contributed by atoms with Crippen LogP contribution in [0.2, 0.25) is 5.02 Å². The second kappa shape index (κ2) is 4.90. The molecule has 3 N–H and O–H groups in total. The normalized spacial score (nSPS) is 11.9. The molecule has 0 unspecified atom stereocenters. The van der Waals surface area contributed by atoms with Gasteiger partial charge < -0.3 is 5.73 Å². The molecule has 6 nitrogen and oxygen atoms in total. The lowest BCUT2D eigenvalue weighted by Crippen LogP contribution is -2.16. The summed E-state index contributed by atoms with van der Waals surface area (Å²) in [6, 6.07) is 4.93. The zero-order valence-electron chi connectivity index (χ0n) is 10.9. The van der Waals surface area contributed by atoms with Crippen LogP contribution in [-0.2, 0) is 10.0 Å². The first kappa shape index (κ1) is 14.2. The summed E-state index contributed by atoms with van der Waals surface area (Å²) in [4.78, 5) is 4.55. The molecule has 21 heavy (non-hydrogen) atoms. The maximum Gasteiger partial charge on any atom is 0.281 e. The summed E-state index contributed by atoms with van der Waals surface area (Å²) in [6.07, 6.45) is 1.61. The van der Waals surface area contributed by atoms with Gasteiger partial charge in [-0.2, -0.15) is 8.42 Å². The number of nitrogens with zero attached hydrogens (tertiary/aromatic N) is 2. The van der Waals surface area contributed by atoms with E-state index in [0.717, 1.165) is 5.56 Å². The molecule has 0 aliphatic heterocycles. The van der Waals surface area contributed by atoms with Gasteiger partial charge >= 0.3 is 0 Å². The van der Waals surface area contributed by atoms with Crippen LogP contribution < -0.4 is 10.5 Å². The number of nitrogen functional groups attached to an aromatic ring is 1. The first-order valence-electron chi connectivity index (χ1n) is 5.88. The van der Waals surface area contributed by atoms with Crippen molar-refractivity contribution in [3.8, 4) is 0 Å². The molecule has 0 bridgehead atoms. The number of thiazole rings is 1. The molecule has 9 heteroatoms. The van der Waals surface area contributed by atoms with E-state index in [-0.39, 0.29) is 10.8 Å². The van der Waals surface area contributed by atoms with E-state index >= 15 is 0 Å². The molecule has 0 radical (unpaired) electrons. The third kappa shape index (κ3) is 2.45. The molecule has 2 heterocycles. The smallest absolute Gasteiger partial charge is 0.281 e. The quantitative estimate of drug-likeness (QED) is 0.765. The van der Waals surface area contributed by atoms with Gasteiger partial charge in [-0.05, 0) is 24.6 Å². The topological polar surface area (TPSA) is 89.5 Å². The second-order valence-electron chi connectivity index (χ2n) is 4.43. The van der Waals surface area contributed by atoms with Gasteiger partial charge in [0.15, 0.2) is 10.8 Å². The Bertz CT molecular complexity index is 930. The van der Waals surface area contributed by atoms with Crippen molar-refractivity contribution in [2.24, 2.45) is 0 Å². The Morgan fingerprint density at radius 1 is 1.43 bits per heavy atom. The molecular formula is C12H11ClN4O2S2. The molecule has 0 aliphatic rings. The van der Waals surface area contributed by atoms with Crippen molar-refractivity contribution >= 4 is 49.4 Å². The van der Waals surface area contributed by atoms with Crippen molar-refractivity contribution in [2.45, 2.75) is 11.9 Å². The van der Waals surface area contributed by atoms with Crippen LogP contribution in [0.4, 0.5) is 11.5 Å². The minimum Gasteiger partial charge on any atom is -0.381 e. The summed E-state index contributed by atoms with van der Waals surface area (Å²) in [5.74, 6) is -0.0347. The highest BCUT2D eigenvalue weighted by Gasteiger charge is 2.24. The van der Waals surface area contributed by atoms with Gasteiger partial charge in [0.25, 0.3) is 10.0 Å². The molecular weight excluding hydrogens is 332 g/mol. The van der Waals surface area contributed by atoms with Crippen molar-refractivity contribution in [1.29, 1.82) is 0 Å². The number of imidazole rings is 1. The molecule has 3 rings (SSSR count). The van der Waals surface area contributed by atoms with Gasteiger partial charge in [0.1, 0.15) is 0 Å². The van der Waals surface area contributed by atoms with Crippen LogP contribution in [0.15, 0.2) is 34.8 Å². The van der Waals surface area contributed by atoms with Gasteiger partial charge in [-0.15, -0.1) is 11.3 Å². The third-order valence-corrected chi connectivity index (χ3v) is 5.51. The fourth-order valence-corrected chi connectivity index (χ4v) is 4.13. The Morgan fingerprint density at radius 2 is 2.19 bits per heavy atom. The third-order valence-electron chi connectivity index (χ3n) is 2.92. The average molecular weight is 343 g/mol. The fourth-order valence-electron chi connectivity index (χ4n) is 1.91. The minimum absolute atomic E-state index is 0.0347. The highest BCUT2D eigenvalue weighted by molar-refractivity contribution is 7.92. The lowest BCUT2D eigenvalue weighted by molar-refractivity contribution is 0.597. The number of anilines is 2. The van der Waals surface area contributed by atoms with Crippen molar-refractivity contribution < 1.29 is 8.42 Å². The number of nitrogens with two attached hydrogens (primary N) is 1. The van der Waals surface area contributed by atoms with Gasteiger partial charge in [0.2, 0.25) is 5.03 Å². The molecule has 0 atom stereocenters. The lowest BCUT2D eigenvalue weighted by Gasteiger charge is -2.09. The maximum atomic E-state index is 12.5. The number of rotatable bonds is 3. The van der Waals surface area contributed by atoms with Crippen molar-refractivity contribution in [3.63, 3.8) is 0 Å². The SMILES string of the molecule is Cc1ccc(NS(=O)(=O)c2c(N)nc3sccn23)cc1Cl. The number of fused-ring (bicyclic) bond motifs is 1. The van der Waals surface area contributed by atoms with Gasteiger partial charge in [0, 0.05) is 16.6 Å². The Labute approximate surface area is 130 Å². The molecule has 2 aromatic heterocycles. The molecule has 0 amide bonds. The summed E-state index contributed by atoms with van der Waals surface area (Å²) >= 11 is 7.31. The van der Waals surface area contributed by atoms with Crippen molar-refractivity contribution in [1.82, 2.24) is 9.38 Å². The van der Waals surface area contributed by atoms with Crippen LogP contribution in [0.25, 0.3) is 4.96 Å². The van der Waals surface area contributed by atoms with Crippen LogP contribution in [0.5, 0.6) is 0 Å². The van der Waals surface area contributed by atoms with E-state index in [9.17, 15) is 8.42 Å². The number of hydrogen-bond acceptors (Lipinski definition) is 5. The van der Waals surface area contributed by atoms with Gasteiger partial charge in [-0.1, -0.05) is 17.7 Å². The Morgan fingerprint density at radius 3 is 2.90 bits per heavy atom. The summed E-state index contributed by atoms with van der Waals surface area (Å²) in [7, 11) is -3.85. The predicted octanol–water partition coefficient (Wildman–Crippen LogP) is 2.74. The Kier molecular flexibility index (Phi) is 3.31. The van der Waals surface area contributed by atoms with E-state index in [1.165, 1.54) is 15.7 Å². The Balaban J connectivity index is 2.06. The van der Waals surface area contributed by atoms with Crippen LogP contribution in [0.3, 0.4) is 0 Å². The van der Waals surface area contributed by atoms with Crippen LogP contribution in [0.1, 0.15) is 5.56 Å². The van der Waals surface area contributed by atoms with Gasteiger partial charge in [0.05, 0.1) is 5.69 Å². The molecule has 0 saturated heterocycles. The molecule has 0 saturated carbocycles. The van der Waals surface area contributed by atoms with Crippen LogP contribution in [-0.4, -0.2) is 17.8 Å². The number of aromatic nitrogens is 2. The first-order valence-corrected chi connectivity index (χ1v) is 8.62. The molecule has 110 valence electrons. The standard InChI is InChI=1S/C12H11ClN4O2S2/c1-7-2-3-8(6-9(7)13)16-21(18,19)11-10(14)15-12-17(11)4-5-20-12/h2-6,16H,14H2,1H3. The molecule has 3 aromatic rings. The first-order chi connectivity index (χ1) is 9.88. The van der Waals surface area contributed by atoms with Crippen molar-refractivity contribution in [3.05, 3.63) is 40.4 Å². The monoisotopic (exact) mass is 342 g/mol. The van der Waals surface area contributed by atoms with Crippen LogP contribution >= 0.6 is 22.9 Å². The van der Waals surface area contributed by atoms with E-state index in [0.29, 0.717) is 15.7 Å². The van der Waals surface area contributed by atoms with E-state index in [2.05, 4.69) is 9.71 Å². The molecule has 0 aliphatic carbocycles. The number of benzene rings is 1. The zero-order chi connectivity index (χ0) is 15.2. The lowest BCUT2D eigenvalue weighted by atomic mass is 10.2. The van der Waals surface area contributed by atoms with Gasteiger partial charge in [-0.25, -0.2) is 4.98 Å². The minimum atomic E-state index is -3.85. The molecule has 0 fully saturated rings. The predicted molar refractivity (Wildman–Crippen MR) is 84.5 cm³/mol. The van der Waals surface area contributed by atoms with E-state index in [4.69, 9.17) is 17.3 Å². The van der Waals surface area contributed by atoms with Crippen LogP contribution in [0, 0.1) is 6.92 Å². The van der Waals surface area contributed by atoms with E-state index in [1.54, 1.807) is 29.8 Å². The summed E-state index contributed by atoms with van der Waals surface area (Å²) in [5, 5.41) is 2.15. The van der Waals surface area contributed by atoms with E-state index in [1.807, 2.05) is 6.92 Å². The molecule has 0 spiro atoms. The summed E-state index contributed by atoms with van der Waals surface area (Å²) < 4.78 is 28.9. The number of halogens is 1. The second-order valence-corrected chi connectivity index (χ2v) is 7.31.